The molecule has 116 valence electrons. The molecule has 0 bridgehead atoms. The number of halogens is 1. The number of aliphatic hydroxyl groups is 1. The Labute approximate surface area is 141 Å². The molecule has 1 heterocycles. The summed E-state index contributed by atoms with van der Waals surface area (Å²) in [6, 6.07) is 17.3. The van der Waals surface area contributed by atoms with Crippen molar-refractivity contribution in [1.82, 2.24) is 4.57 Å². The zero-order chi connectivity index (χ0) is 16.2. The van der Waals surface area contributed by atoms with Gasteiger partial charge in [0.05, 0.1) is 0 Å². The lowest BCUT2D eigenvalue weighted by Crippen LogP contribution is -2.00. The van der Waals surface area contributed by atoms with Crippen molar-refractivity contribution in [3.63, 3.8) is 0 Å². The van der Waals surface area contributed by atoms with Crippen molar-refractivity contribution in [1.29, 1.82) is 0 Å². The minimum atomic E-state index is -0.673. The first kappa shape index (κ1) is 15.6. The topological polar surface area (TPSA) is 25.2 Å². The van der Waals surface area contributed by atoms with Crippen molar-refractivity contribution in [2.45, 2.75) is 12.6 Å². The molecule has 0 aliphatic heterocycles. The van der Waals surface area contributed by atoms with Crippen LogP contribution < -0.4 is 0 Å². The Morgan fingerprint density at radius 1 is 1.04 bits per heavy atom. The lowest BCUT2D eigenvalue weighted by Gasteiger charge is -2.12. The van der Waals surface area contributed by atoms with E-state index in [0.29, 0.717) is 11.6 Å². The molecule has 1 unspecified atom stereocenters. The molecule has 23 heavy (non-hydrogen) atoms. The minimum Gasteiger partial charge on any atom is -0.384 e. The molecule has 0 amide bonds. The lowest BCUT2D eigenvalue weighted by atomic mass is 9.97. The second-order valence-corrected chi connectivity index (χ2v) is 5.87. The number of hydrogen-bond acceptors (Lipinski definition) is 1. The molecule has 0 spiro atoms. The second-order valence-electron chi connectivity index (χ2n) is 5.43. The van der Waals surface area contributed by atoms with E-state index in [9.17, 15) is 5.11 Å². The van der Waals surface area contributed by atoms with Crippen molar-refractivity contribution < 1.29 is 5.11 Å². The summed E-state index contributed by atoms with van der Waals surface area (Å²) in [6.45, 7) is 4.48. The van der Waals surface area contributed by atoms with Gasteiger partial charge in [-0.1, -0.05) is 60.1 Å². The largest absolute Gasteiger partial charge is 0.384 e. The third kappa shape index (κ3) is 3.39. The highest BCUT2D eigenvalue weighted by Gasteiger charge is 2.18. The van der Waals surface area contributed by atoms with Crippen LogP contribution >= 0.6 is 11.6 Å². The number of aromatic nitrogens is 1. The zero-order valence-corrected chi connectivity index (χ0v) is 13.4. The van der Waals surface area contributed by atoms with Crippen LogP contribution in [0.15, 0.2) is 79.6 Å². The van der Waals surface area contributed by atoms with Crippen LogP contribution in [0.25, 0.3) is 11.1 Å². The average Bonchev–Trinajstić information content (AvgIpc) is 3.00. The van der Waals surface area contributed by atoms with Crippen LogP contribution in [0, 0.1) is 0 Å². The molecule has 2 nitrogen and oxygen atoms in total. The van der Waals surface area contributed by atoms with E-state index in [1.165, 1.54) is 0 Å². The van der Waals surface area contributed by atoms with E-state index >= 15 is 0 Å². The number of hydrogen-bond donors (Lipinski definition) is 1. The quantitative estimate of drug-likeness (QED) is 0.651. The molecule has 3 aromatic rings. The molecule has 0 aliphatic rings. The predicted octanol–water partition coefficient (Wildman–Crippen LogP) is 5.08. The van der Waals surface area contributed by atoms with E-state index < -0.39 is 6.10 Å². The van der Waals surface area contributed by atoms with E-state index in [4.69, 9.17) is 11.6 Å². The van der Waals surface area contributed by atoms with Gasteiger partial charge in [0.15, 0.2) is 0 Å². The maximum absolute atomic E-state index is 10.8. The third-order valence-corrected chi connectivity index (χ3v) is 4.07. The molecule has 1 atom stereocenters. The summed E-state index contributed by atoms with van der Waals surface area (Å²) in [4.78, 5) is 0. The average molecular weight is 324 g/mol. The van der Waals surface area contributed by atoms with Crippen LogP contribution in [-0.4, -0.2) is 9.67 Å². The summed E-state index contributed by atoms with van der Waals surface area (Å²) in [6.07, 6.45) is 5.17. The fourth-order valence-corrected chi connectivity index (χ4v) is 2.81. The molecular formula is C20H18ClNO. The third-order valence-electron chi connectivity index (χ3n) is 3.82. The molecule has 0 saturated carbocycles. The Kier molecular flexibility index (Phi) is 4.65. The molecule has 1 aromatic heterocycles. The van der Waals surface area contributed by atoms with Crippen LogP contribution in [0.2, 0.25) is 5.02 Å². The molecule has 0 saturated heterocycles. The Morgan fingerprint density at radius 3 is 2.39 bits per heavy atom. The van der Waals surface area contributed by atoms with Gasteiger partial charge in [-0.25, -0.2) is 0 Å². The minimum absolute atomic E-state index is 0.673. The van der Waals surface area contributed by atoms with Gasteiger partial charge in [0.1, 0.15) is 6.10 Å². The van der Waals surface area contributed by atoms with E-state index in [0.717, 1.165) is 22.3 Å². The second kappa shape index (κ2) is 6.86. The molecular weight excluding hydrogens is 306 g/mol. The normalized spacial score (nSPS) is 12.1. The lowest BCUT2D eigenvalue weighted by molar-refractivity contribution is 0.221. The molecule has 1 N–H and O–H groups in total. The van der Waals surface area contributed by atoms with E-state index in [2.05, 4.69) is 6.58 Å². The van der Waals surface area contributed by atoms with Gasteiger partial charge in [0.25, 0.3) is 0 Å². The fraction of sp³-hybridized carbons (Fsp3) is 0.100. The van der Waals surface area contributed by atoms with Gasteiger partial charge < -0.3 is 9.67 Å². The maximum atomic E-state index is 10.8. The Bertz CT molecular complexity index is 790. The highest BCUT2D eigenvalue weighted by Crippen LogP contribution is 2.33. The predicted molar refractivity (Wildman–Crippen MR) is 95.6 cm³/mol. The summed E-state index contributed by atoms with van der Waals surface area (Å²) in [5, 5.41) is 11.5. The van der Waals surface area contributed by atoms with Gasteiger partial charge in [-0.05, 0) is 23.3 Å². The van der Waals surface area contributed by atoms with Gasteiger partial charge in [-0.2, -0.15) is 0 Å². The zero-order valence-electron chi connectivity index (χ0n) is 12.7. The van der Waals surface area contributed by atoms with Crippen molar-refractivity contribution in [2.24, 2.45) is 0 Å². The number of allylic oxidation sites excluding steroid dienone is 1. The summed E-state index contributed by atoms with van der Waals surface area (Å²) in [5.41, 5.74) is 3.78. The summed E-state index contributed by atoms with van der Waals surface area (Å²) in [5.74, 6) is 0. The standard InChI is InChI=1S/C20H18ClNO/c1-2-12-22-13-18(15-8-10-17(21)11-9-15)19(14-22)20(23)16-6-4-3-5-7-16/h2-11,13-14,20,23H,1,12H2. The van der Waals surface area contributed by atoms with Gasteiger partial charge >= 0.3 is 0 Å². The summed E-state index contributed by atoms with van der Waals surface area (Å²) in [7, 11) is 0. The first-order valence-corrected chi connectivity index (χ1v) is 7.86. The number of aliphatic hydroxyl groups excluding tert-OH is 1. The monoisotopic (exact) mass is 323 g/mol. The molecule has 3 rings (SSSR count). The van der Waals surface area contributed by atoms with Crippen molar-refractivity contribution >= 4 is 11.6 Å². The molecule has 0 aliphatic carbocycles. The van der Waals surface area contributed by atoms with Crippen molar-refractivity contribution in [2.75, 3.05) is 0 Å². The van der Waals surface area contributed by atoms with E-state index in [-0.39, 0.29) is 0 Å². The van der Waals surface area contributed by atoms with Crippen LogP contribution in [0.5, 0.6) is 0 Å². The molecule has 0 radical (unpaired) electrons. The van der Waals surface area contributed by atoms with Crippen molar-refractivity contribution in [3.05, 3.63) is 95.8 Å². The van der Waals surface area contributed by atoms with Crippen LogP contribution in [0.3, 0.4) is 0 Å². The Morgan fingerprint density at radius 2 is 1.74 bits per heavy atom. The van der Waals surface area contributed by atoms with Crippen LogP contribution in [-0.2, 0) is 6.54 Å². The summed E-state index contributed by atoms with van der Waals surface area (Å²) < 4.78 is 2.03. The van der Waals surface area contributed by atoms with E-state index in [1.54, 1.807) is 0 Å². The summed E-state index contributed by atoms with van der Waals surface area (Å²) >= 11 is 5.98. The smallest absolute Gasteiger partial charge is 0.106 e. The maximum Gasteiger partial charge on any atom is 0.106 e. The van der Waals surface area contributed by atoms with Crippen molar-refractivity contribution in [3.8, 4) is 11.1 Å². The van der Waals surface area contributed by atoms with Gasteiger partial charge in [0, 0.05) is 35.1 Å². The van der Waals surface area contributed by atoms with Crippen LogP contribution in [0.4, 0.5) is 0 Å². The molecule has 3 heteroatoms. The number of nitrogens with zero attached hydrogens (tertiary/aromatic N) is 1. The van der Waals surface area contributed by atoms with Gasteiger partial charge in [-0.15, -0.1) is 6.58 Å². The SMILES string of the molecule is C=CCn1cc(-c2ccc(Cl)cc2)c(C(O)c2ccccc2)c1. The Hall–Kier alpha value is -2.29. The van der Waals surface area contributed by atoms with Gasteiger partial charge in [-0.3, -0.25) is 0 Å². The first-order valence-electron chi connectivity index (χ1n) is 7.48. The van der Waals surface area contributed by atoms with Crippen LogP contribution in [0.1, 0.15) is 17.2 Å². The first-order chi connectivity index (χ1) is 11.2. The molecule has 2 aromatic carbocycles. The highest BCUT2D eigenvalue weighted by molar-refractivity contribution is 6.30. The number of rotatable bonds is 5. The highest BCUT2D eigenvalue weighted by atomic mass is 35.5. The number of benzene rings is 2. The fourth-order valence-electron chi connectivity index (χ4n) is 2.68. The van der Waals surface area contributed by atoms with E-state index in [1.807, 2.05) is 77.6 Å². The van der Waals surface area contributed by atoms with Gasteiger partial charge in [0.2, 0.25) is 0 Å². The Balaban J connectivity index is 2.07. The molecule has 0 fully saturated rings.